The van der Waals surface area contributed by atoms with E-state index >= 15 is 0 Å². The lowest BCUT2D eigenvalue weighted by molar-refractivity contribution is -0.125. The fourth-order valence-electron chi connectivity index (χ4n) is 5.44. The Morgan fingerprint density at radius 2 is 1.67 bits per heavy atom. The smallest absolute Gasteiger partial charge is 0.222 e. The molecule has 1 saturated heterocycles. The van der Waals surface area contributed by atoms with Crippen molar-refractivity contribution in [1.82, 2.24) is 29.6 Å². The second kappa shape index (κ2) is 14.4. The van der Waals surface area contributed by atoms with Crippen LogP contribution in [0.3, 0.4) is 0 Å². The van der Waals surface area contributed by atoms with E-state index in [0.717, 1.165) is 11.1 Å². The van der Waals surface area contributed by atoms with E-state index in [1.807, 2.05) is 36.4 Å². The number of anilines is 1. The lowest BCUT2D eigenvalue weighted by Gasteiger charge is -2.20. The predicted molar refractivity (Wildman–Crippen MR) is 169 cm³/mol. The molecule has 4 aromatic rings. The molecule has 1 fully saturated rings. The minimum absolute atomic E-state index is 0.0406. The van der Waals surface area contributed by atoms with Crippen LogP contribution in [0.1, 0.15) is 55.8 Å². The highest BCUT2D eigenvalue weighted by Gasteiger charge is 2.45. The Bertz CT molecular complexity index is 1650. The van der Waals surface area contributed by atoms with Crippen LogP contribution in [0.2, 0.25) is 0 Å². The molecule has 13 nitrogen and oxygen atoms in total. The molecule has 1 aliphatic rings. The number of rotatable bonds is 14. The highest BCUT2D eigenvalue weighted by molar-refractivity contribution is 7.89. The fourth-order valence-corrected chi connectivity index (χ4v) is 6.47. The highest BCUT2D eigenvalue weighted by atomic mass is 32.2. The zero-order valence-corrected chi connectivity index (χ0v) is 26.0. The summed E-state index contributed by atoms with van der Waals surface area (Å²) in [7, 11) is -3.55. The van der Waals surface area contributed by atoms with Crippen molar-refractivity contribution in [3.63, 3.8) is 0 Å². The molecule has 5 rings (SSSR count). The van der Waals surface area contributed by atoms with E-state index in [-0.39, 0.29) is 42.0 Å². The first-order valence-corrected chi connectivity index (χ1v) is 16.7. The van der Waals surface area contributed by atoms with Gasteiger partial charge in [0.25, 0.3) is 0 Å². The molecule has 2 aromatic carbocycles. The Morgan fingerprint density at radius 1 is 1.00 bits per heavy atom. The van der Waals surface area contributed by atoms with E-state index in [0.29, 0.717) is 30.8 Å². The van der Waals surface area contributed by atoms with E-state index in [4.69, 9.17) is 4.74 Å². The third kappa shape index (κ3) is 7.65. The number of carbonyl (C=O) groups excluding carboxylic acids is 1. The molecule has 3 heterocycles. The van der Waals surface area contributed by atoms with Crippen molar-refractivity contribution in [2.75, 3.05) is 24.2 Å². The van der Waals surface area contributed by atoms with Crippen molar-refractivity contribution in [2.24, 2.45) is 0 Å². The Labute approximate surface area is 262 Å². The summed E-state index contributed by atoms with van der Waals surface area (Å²) < 4.78 is 34.9. The number of imidazole rings is 1. The maximum Gasteiger partial charge on any atom is 0.222 e. The predicted octanol–water partition coefficient (Wildman–Crippen LogP) is 2.05. The number of nitrogens with one attached hydrogen (secondary N) is 3. The number of amides is 1. The van der Waals surface area contributed by atoms with E-state index in [1.54, 1.807) is 13.8 Å². The number of carbonyl (C=O) groups is 1. The van der Waals surface area contributed by atoms with Gasteiger partial charge in [0.1, 0.15) is 18.0 Å². The quantitative estimate of drug-likeness (QED) is 0.137. The van der Waals surface area contributed by atoms with Gasteiger partial charge in [0.15, 0.2) is 23.2 Å². The first-order chi connectivity index (χ1) is 21.7. The number of hydrogen-bond donors (Lipinski definition) is 5. The van der Waals surface area contributed by atoms with Crippen LogP contribution in [0.4, 0.5) is 5.82 Å². The summed E-state index contributed by atoms with van der Waals surface area (Å²) in [5.74, 6) is 0.144. The number of sulfonamides is 1. The van der Waals surface area contributed by atoms with Gasteiger partial charge in [0.2, 0.25) is 15.9 Å². The topological polar surface area (TPSA) is 181 Å². The normalized spacial score (nSPS) is 20.1. The van der Waals surface area contributed by atoms with E-state index < -0.39 is 34.6 Å². The number of fused-ring (bicyclic) bond motifs is 1. The van der Waals surface area contributed by atoms with E-state index in [2.05, 4.69) is 54.6 Å². The fraction of sp³-hybridized carbons (Fsp3) is 0.419. The van der Waals surface area contributed by atoms with Gasteiger partial charge in [-0.3, -0.25) is 9.36 Å². The first-order valence-electron chi connectivity index (χ1n) is 15.0. The van der Waals surface area contributed by atoms with Gasteiger partial charge in [0, 0.05) is 19.0 Å². The zero-order valence-electron chi connectivity index (χ0n) is 25.2. The SMILES string of the molecule is CCCS(=O)(=O)NCc1nc(NCC(c2ccccc2)c2ccccc2)c2ncn([C@@H]3O[C@@H](CC(=O)NCC)[C@@H](O)[C@H]3O)c2n1. The first kappa shape index (κ1) is 32.4. The van der Waals surface area contributed by atoms with Gasteiger partial charge < -0.3 is 25.6 Å². The minimum Gasteiger partial charge on any atom is -0.388 e. The Hall–Kier alpha value is -3.95. The summed E-state index contributed by atoms with van der Waals surface area (Å²) >= 11 is 0. The molecular weight excluding hydrogens is 598 g/mol. The number of hydrogen-bond acceptors (Lipinski definition) is 10. The largest absolute Gasteiger partial charge is 0.388 e. The maximum absolute atomic E-state index is 12.4. The average Bonchev–Trinajstić information content (AvgIpc) is 3.57. The molecule has 45 heavy (non-hydrogen) atoms. The van der Waals surface area contributed by atoms with E-state index in [9.17, 15) is 23.4 Å². The van der Waals surface area contributed by atoms with Gasteiger partial charge in [-0.05, 0) is 24.5 Å². The van der Waals surface area contributed by atoms with Crippen molar-refractivity contribution in [1.29, 1.82) is 0 Å². The molecule has 0 bridgehead atoms. The number of ether oxygens (including phenoxy) is 1. The number of aliphatic hydroxyl groups is 2. The maximum atomic E-state index is 12.4. The summed E-state index contributed by atoms with van der Waals surface area (Å²) in [6, 6.07) is 20.1. The van der Waals surface area contributed by atoms with Gasteiger partial charge >= 0.3 is 0 Å². The highest BCUT2D eigenvalue weighted by Crippen LogP contribution is 2.34. The molecular formula is C31H39N7O6S. The number of aliphatic hydroxyl groups excluding tert-OH is 2. The van der Waals surface area contributed by atoms with Crippen LogP contribution in [0.25, 0.3) is 11.2 Å². The van der Waals surface area contributed by atoms with Crippen molar-refractivity contribution >= 4 is 32.9 Å². The number of nitrogens with zero attached hydrogens (tertiary/aromatic N) is 4. The van der Waals surface area contributed by atoms with Gasteiger partial charge in [-0.2, -0.15) is 0 Å². The van der Waals surface area contributed by atoms with Crippen LogP contribution in [0.15, 0.2) is 67.0 Å². The Kier molecular flexibility index (Phi) is 10.4. The summed E-state index contributed by atoms with van der Waals surface area (Å²) in [5.41, 5.74) is 2.82. The van der Waals surface area contributed by atoms with Crippen molar-refractivity contribution in [3.05, 3.63) is 83.9 Å². The summed E-state index contributed by atoms with van der Waals surface area (Å²) in [5, 5.41) is 27.7. The van der Waals surface area contributed by atoms with Crippen LogP contribution < -0.4 is 15.4 Å². The van der Waals surface area contributed by atoms with Crippen molar-refractivity contribution < 1.29 is 28.2 Å². The Morgan fingerprint density at radius 3 is 2.29 bits per heavy atom. The van der Waals surface area contributed by atoms with Crippen LogP contribution >= 0.6 is 0 Å². The summed E-state index contributed by atoms with van der Waals surface area (Å²) in [6.07, 6.45) is -3.01. The third-order valence-electron chi connectivity index (χ3n) is 7.64. The minimum atomic E-state index is -3.55. The summed E-state index contributed by atoms with van der Waals surface area (Å²) in [6.45, 7) is 4.25. The molecule has 14 heteroatoms. The monoisotopic (exact) mass is 637 g/mol. The van der Waals surface area contributed by atoms with Gasteiger partial charge in [-0.1, -0.05) is 67.6 Å². The van der Waals surface area contributed by atoms with Gasteiger partial charge in [-0.15, -0.1) is 0 Å². The third-order valence-corrected chi connectivity index (χ3v) is 9.17. The molecule has 0 radical (unpaired) electrons. The molecule has 0 spiro atoms. The molecule has 1 aliphatic heterocycles. The molecule has 4 atom stereocenters. The van der Waals surface area contributed by atoms with Crippen molar-refractivity contribution in [3.8, 4) is 0 Å². The molecule has 5 N–H and O–H groups in total. The second-order valence-corrected chi connectivity index (χ2v) is 12.8. The van der Waals surface area contributed by atoms with Gasteiger partial charge in [-0.25, -0.2) is 28.1 Å². The number of aromatic nitrogens is 4. The van der Waals surface area contributed by atoms with Crippen LogP contribution in [-0.2, 0) is 26.1 Å². The molecule has 2 aromatic heterocycles. The molecule has 0 aliphatic carbocycles. The molecule has 0 unspecified atom stereocenters. The lowest BCUT2D eigenvalue weighted by atomic mass is 9.91. The molecule has 0 saturated carbocycles. The van der Waals surface area contributed by atoms with Crippen LogP contribution in [-0.4, -0.2) is 81.2 Å². The van der Waals surface area contributed by atoms with Crippen LogP contribution in [0, 0.1) is 0 Å². The molecule has 1 amide bonds. The second-order valence-electron chi connectivity index (χ2n) is 10.9. The zero-order chi connectivity index (χ0) is 32.0. The standard InChI is InChI=1S/C31H39N7O6S/c1-3-15-45(42,43)35-18-24-36-29(33-17-22(20-11-7-5-8-12-20)21-13-9-6-10-14-21)26-30(37-24)38(19-34-26)31-28(41)27(40)23(44-31)16-25(39)32-4-2/h5-14,19,22-23,27-28,31,35,40-41H,3-4,15-18H2,1-2H3,(H,32,39)(H,33,36,37)/t23-,27+,28+,31+/m0/s1. The molecule has 240 valence electrons. The van der Waals surface area contributed by atoms with Crippen LogP contribution in [0.5, 0.6) is 0 Å². The lowest BCUT2D eigenvalue weighted by Crippen LogP contribution is -2.35. The summed E-state index contributed by atoms with van der Waals surface area (Å²) in [4.78, 5) is 25.9. The average molecular weight is 638 g/mol. The number of benzene rings is 2. The van der Waals surface area contributed by atoms with Crippen molar-refractivity contribution in [2.45, 2.75) is 63.7 Å². The van der Waals surface area contributed by atoms with Gasteiger partial charge in [0.05, 0.1) is 31.1 Å². The Balaban J connectivity index is 1.49. The van der Waals surface area contributed by atoms with E-state index in [1.165, 1.54) is 10.9 Å².